The standard InChI is InChI=1S/C22H22O2/c1-14-4-7-17(8-5-14)22-16(3)20(23)11-9-18(22)13-19-12-15(2)6-10-21(19)24/h4-12,23-24H,13H2,1-3H3. The third-order valence-corrected chi connectivity index (χ3v) is 4.48. The van der Waals surface area contributed by atoms with Crippen LogP contribution in [0.3, 0.4) is 0 Å². The van der Waals surface area contributed by atoms with E-state index in [-0.39, 0.29) is 0 Å². The smallest absolute Gasteiger partial charge is 0.119 e. The molecule has 3 rings (SSSR count). The molecule has 3 aromatic carbocycles. The van der Waals surface area contributed by atoms with Crippen LogP contribution in [-0.2, 0) is 6.42 Å². The summed E-state index contributed by atoms with van der Waals surface area (Å²) in [5.74, 6) is 0.601. The van der Waals surface area contributed by atoms with E-state index in [0.717, 1.165) is 33.4 Å². The van der Waals surface area contributed by atoms with Gasteiger partial charge in [-0.3, -0.25) is 0 Å². The third kappa shape index (κ3) is 3.13. The van der Waals surface area contributed by atoms with Gasteiger partial charge < -0.3 is 10.2 Å². The highest BCUT2D eigenvalue weighted by Crippen LogP contribution is 2.35. The van der Waals surface area contributed by atoms with E-state index in [9.17, 15) is 10.2 Å². The average molecular weight is 318 g/mol. The van der Waals surface area contributed by atoms with Crippen LogP contribution in [0.5, 0.6) is 11.5 Å². The highest BCUT2D eigenvalue weighted by molar-refractivity contribution is 5.74. The Bertz CT molecular complexity index is 877. The average Bonchev–Trinajstić information content (AvgIpc) is 2.56. The molecule has 0 aromatic heterocycles. The fourth-order valence-electron chi connectivity index (χ4n) is 3.09. The number of phenolic OH excluding ortho intramolecular Hbond substituents is 2. The maximum absolute atomic E-state index is 10.2. The van der Waals surface area contributed by atoms with E-state index in [4.69, 9.17) is 0 Å². The van der Waals surface area contributed by atoms with E-state index in [1.54, 1.807) is 12.1 Å². The largest absolute Gasteiger partial charge is 0.508 e. The molecule has 0 spiro atoms. The van der Waals surface area contributed by atoms with Crippen LogP contribution in [-0.4, -0.2) is 10.2 Å². The topological polar surface area (TPSA) is 40.5 Å². The van der Waals surface area contributed by atoms with E-state index >= 15 is 0 Å². The first-order valence-corrected chi connectivity index (χ1v) is 8.12. The van der Waals surface area contributed by atoms with Crippen molar-refractivity contribution in [1.82, 2.24) is 0 Å². The number of benzene rings is 3. The Morgan fingerprint density at radius 3 is 2.00 bits per heavy atom. The summed E-state index contributed by atoms with van der Waals surface area (Å²) in [6.07, 6.45) is 0.623. The Balaban J connectivity index is 2.13. The maximum Gasteiger partial charge on any atom is 0.119 e. The van der Waals surface area contributed by atoms with Crippen LogP contribution in [0, 0.1) is 20.8 Å². The molecule has 0 aliphatic rings. The fraction of sp³-hybridized carbons (Fsp3) is 0.182. The van der Waals surface area contributed by atoms with Crippen molar-refractivity contribution in [3.63, 3.8) is 0 Å². The molecule has 0 aliphatic heterocycles. The minimum atomic E-state index is 0.294. The van der Waals surface area contributed by atoms with Gasteiger partial charge in [0.15, 0.2) is 0 Å². The summed E-state index contributed by atoms with van der Waals surface area (Å²) in [4.78, 5) is 0. The Hall–Kier alpha value is -2.74. The minimum absolute atomic E-state index is 0.294. The first-order valence-electron chi connectivity index (χ1n) is 8.12. The molecule has 0 saturated carbocycles. The molecule has 24 heavy (non-hydrogen) atoms. The lowest BCUT2D eigenvalue weighted by Gasteiger charge is -2.16. The van der Waals surface area contributed by atoms with Crippen LogP contribution >= 0.6 is 0 Å². The van der Waals surface area contributed by atoms with Crippen LogP contribution in [0.1, 0.15) is 27.8 Å². The summed E-state index contributed by atoms with van der Waals surface area (Å²) in [6.45, 7) is 6.01. The van der Waals surface area contributed by atoms with E-state index in [1.807, 2.05) is 32.0 Å². The monoisotopic (exact) mass is 318 g/mol. The third-order valence-electron chi connectivity index (χ3n) is 4.48. The second-order valence-corrected chi connectivity index (χ2v) is 6.42. The second-order valence-electron chi connectivity index (χ2n) is 6.42. The predicted molar refractivity (Wildman–Crippen MR) is 98.7 cm³/mol. The van der Waals surface area contributed by atoms with Gasteiger partial charge in [0.1, 0.15) is 11.5 Å². The van der Waals surface area contributed by atoms with Crippen LogP contribution in [0.25, 0.3) is 11.1 Å². The van der Waals surface area contributed by atoms with Gasteiger partial charge in [-0.1, -0.05) is 53.6 Å². The molecule has 3 aromatic rings. The first kappa shape index (κ1) is 16.1. The molecule has 0 unspecified atom stereocenters. The number of aromatic hydroxyl groups is 2. The van der Waals surface area contributed by atoms with Gasteiger partial charge in [-0.15, -0.1) is 0 Å². The van der Waals surface area contributed by atoms with E-state index < -0.39 is 0 Å². The molecule has 0 aliphatic carbocycles. The van der Waals surface area contributed by atoms with Crippen molar-refractivity contribution >= 4 is 0 Å². The lowest BCUT2D eigenvalue weighted by molar-refractivity contribution is 0.469. The Morgan fingerprint density at radius 2 is 1.29 bits per heavy atom. The number of phenols is 2. The first-order chi connectivity index (χ1) is 11.5. The van der Waals surface area contributed by atoms with Crippen LogP contribution in [0.4, 0.5) is 0 Å². The van der Waals surface area contributed by atoms with Crippen molar-refractivity contribution in [2.45, 2.75) is 27.2 Å². The SMILES string of the molecule is Cc1ccc(-c2c(Cc3cc(C)ccc3O)ccc(O)c2C)cc1. The summed E-state index contributed by atoms with van der Waals surface area (Å²) in [6, 6.07) is 17.6. The number of hydrogen-bond donors (Lipinski definition) is 2. The molecule has 0 radical (unpaired) electrons. The molecule has 2 N–H and O–H groups in total. The molecular formula is C22H22O2. The van der Waals surface area contributed by atoms with E-state index in [1.165, 1.54) is 5.56 Å². The zero-order chi connectivity index (χ0) is 17.3. The molecule has 2 nitrogen and oxygen atoms in total. The molecule has 0 saturated heterocycles. The molecule has 0 fully saturated rings. The quantitative estimate of drug-likeness (QED) is 0.689. The van der Waals surface area contributed by atoms with Crippen molar-refractivity contribution in [3.05, 3.63) is 82.4 Å². The zero-order valence-corrected chi connectivity index (χ0v) is 14.3. The molecule has 0 amide bonds. The molecular weight excluding hydrogens is 296 g/mol. The minimum Gasteiger partial charge on any atom is -0.508 e. The van der Waals surface area contributed by atoms with Crippen molar-refractivity contribution in [3.8, 4) is 22.6 Å². The van der Waals surface area contributed by atoms with E-state index in [0.29, 0.717) is 17.9 Å². The summed E-state index contributed by atoms with van der Waals surface area (Å²) >= 11 is 0. The normalized spacial score (nSPS) is 10.8. The lowest BCUT2D eigenvalue weighted by atomic mass is 9.90. The highest BCUT2D eigenvalue weighted by atomic mass is 16.3. The van der Waals surface area contributed by atoms with Crippen molar-refractivity contribution in [1.29, 1.82) is 0 Å². The summed E-state index contributed by atoms with van der Waals surface area (Å²) in [7, 11) is 0. The summed E-state index contributed by atoms with van der Waals surface area (Å²) < 4.78 is 0. The zero-order valence-electron chi connectivity index (χ0n) is 14.3. The van der Waals surface area contributed by atoms with Crippen molar-refractivity contribution < 1.29 is 10.2 Å². The van der Waals surface area contributed by atoms with Crippen LogP contribution < -0.4 is 0 Å². The Morgan fingerprint density at radius 1 is 0.667 bits per heavy atom. The molecule has 0 bridgehead atoms. The predicted octanol–water partition coefficient (Wildman–Crippen LogP) is 5.28. The van der Waals surface area contributed by atoms with Crippen LogP contribution in [0.2, 0.25) is 0 Å². The number of rotatable bonds is 3. The number of aryl methyl sites for hydroxylation is 2. The van der Waals surface area contributed by atoms with Gasteiger partial charge in [-0.2, -0.15) is 0 Å². The van der Waals surface area contributed by atoms with Gasteiger partial charge in [0.05, 0.1) is 0 Å². The highest BCUT2D eigenvalue weighted by Gasteiger charge is 2.14. The molecule has 0 heterocycles. The van der Waals surface area contributed by atoms with Gasteiger partial charge in [0, 0.05) is 6.42 Å². The summed E-state index contributed by atoms with van der Waals surface area (Å²) in [5.41, 5.74) is 7.30. The van der Waals surface area contributed by atoms with Crippen molar-refractivity contribution in [2.75, 3.05) is 0 Å². The summed E-state index contributed by atoms with van der Waals surface area (Å²) in [5, 5.41) is 20.3. The lowest BCUT2D eigenvalue weighted by Crippen LogP contribution is -1.96. The van der Waals surface area contributed by atoms with Crippen LogP contribution in [0.15, 0.2) is 54.6 Å². The Kier molecular flexibility index (Phi) is 4.30. The van der Waals surface area contributed by atoms with Gasteiger partial charge in [-0.25, -0.2) is 0 Å². The van der Waals surface area contributed by atoms with Gasteiger partial charge in [0.25, 0.3) is 0 Å². The second kappa shape index (κ2) is 6.40. The van der Waals surface area contributed by atoms with Gasteiger partial charge >= 0.3 is 0 Å². The molecule has 122 valence electrons. The maximum atomic E-state index is 10.2. The van der Waals surface area contributed by atoms with Crippen molar-refractivity contribution in [2.24, 2.45) is 0 Å². The van der Waals surface area contributed by atoms with Gasteiger partial charge in [-0.05, 0) is 60.7 Å². The van der Waals surface area contributed by atoms with Gasteiger partial charge in [0.2, 0.25) is 0 Å². The Labute approximate surface area is 143 Å². The molecule has 2 heteroatoms. The molecule has 0 atom stereocenters. The van der Waals surface area contributed by atoms with E-state index in [2.05, 4.69) is 31.2 Å². The fourth-order valence-corrected chi connectivity index (χ4v) is 3.09. The number of hydrogen-bond acceptors (Lipinski definition) is 2.